The third-order valence-electron chi connectivity index (χ3n) is 2.14. The Morgan fingerprint density at radius 2 is 1.54 bits per heavy atom. The molecule has 74 valence electrons. The van der Waals surface area contributed by atoms with Crippen LogP contribution in [-0.4, -0.2) is 0 Å². The van der Waals surface area contributed by atoms with Gasteiger partial charge in [-0.25, -0.2) is 8.78 Å². The van der Waals surface area contributed by atoms with Crippen molar-refractivity contribution in [2.75, 3.05) is 0 Å². The highest BCUT2D eigenvalue weighted by Gasteiger charge is 2.20. The fourth-order valence-electron chi connectivity index (χ4n) is 1.70. The van der Waals surface area contributed by atoms with Crippen molar-refractivity contribution in [1.29, 1.82) is 0 Å². The van der Waals surface area contributed by atoms with Crippen LogP contribution in [0.2, 0.25) is 0 Å². The van der Waals surface area contributed by atoms with Crippen LogP contribution in [0.5, 0.6) is 0 Å². The van der Waals surface area contributed by atoms with E-state index in [4.69, 9.17) is 0 Å². The number of rotatable bonds is 0. The van der Waals surface area contributed by atoms with E-state index in [1.54, 1.807) is 0 Å². The summed E-state index contributed by atoms with van der Waals surface area (Å²) in [6.45, 7) is 5.48. The van der Waals surface area contributed by atoms with E-state index < -0.39 is 5.41 Å². The van der Waals surface area contributed by atoms with Crippen molar-refractivity contribution in [2.45, 2.75) is 33.6 Å². The van der Waals surface area contributed by atoms with Crippen LogP contribution in [0, 0.1) is 11.3 Å². The molecule has 0 heterocycles. The highest BCUT2D eigenvalue weighted by molar-refractivity contribution is 5.15. The molecule has 1 rings (SSSR count). The molecule has 1 aliphatic rings. The Morgan fingerprint density at radius 3 is 1.92 bits per heavy atom. The first-order valence-electron chi connectivity index (χ1n) is 4.63. The van der Waals surface area contributed by atoms with Crippen LogP contribution in [0.4, 0.5) is 8.78 Å². The number of hydrogen-bond donors (Lipinski definition) is 0. The zero-order chi connectivity index (χ0) is 10.1. The summed E-state index contributed by atoms with van der Waals surface area (Å²) in [5.41, 5.74) is -0.492. The molecule has 0 radical (unpaired) electrons. The lowest BCUT2D eigenvalue weighted by molar-refractivity contribution is 0.413. The maximum absolute atomic E-state index is 13.2. The van der Waals surface area contributed by atoms with Gasteiger partial charge in [0, 0.05) is 18.3 Å². The van der Waals surface area contributed by atoms with Gasteiger partial charge < -0.3 is 0 Å². The summed E-state index contributed by atoms with van der Waals surface area (Å²) in [6, 6.07) is 0. The molecule has 2 heteroatoms. The monoisotopic (exact) mass is 186 g/mol. The van der Waals surface area contributed by atoms with Crippen molar-refractivity contribution in [3.63, 3.8) is 0 Å². The molecule has 0 nitrogen and oxygen atoms in total. The number of hydrogen-bond acceptors (Lipinski definition) is 0. The van der Waals surface area contributed by atoms with Crippen molar-refractivity contribution in [2.24, 2.45) is 11.3 Å². The van der Waals surface area contributed by atoms with Crippen molar-refractivity contribution < 1.29 is 8.78 Å². The topological polar surface area (TPSA) is 0 Å². The number of allylic oxidation sites excluding steroid dienone is 4. The minimum Gasteiger partial charge on any atom is -0.212 e. The fourth-order valence-corrected chi connectivity index (χ4v) is 1.70. The van der Waals surface area contributed by atoms with E-state index in [0.29, 0.717) is 12.8 Å². The molecule has 0 aromatic carbocycles. The molecule has 0 N–H and O–H groups in total. The summed E-state index contributed by atoms with van der Waals surface area (Å²) in [4.78, 5) is 0. The highest BCUT2D eigenvalue weighted by Crippen LogP contribution is 2.32. The van der Waals surface area contributed by atoms with E-state index >= 15 is 0 Å². The van der Waals surface area contributed by atoms with Gasteiger partial charge in [-0.15, -0.1) is 0 Å². The molecule has 13 heavy (non-hydrogen) atoms. The van der Waals surface area contributed by atoms with Gasteiger partial charge in [0.15, 0.2) is 0 Å². The first kappa shape index (κ1) is 10.4. The van der Waals surface area contributed by atoms with Gasteiger partial charge in [0.1, 0.15) is 0 Å². The van der Waals surface area contributed by atoms with Crippen LogP contribution in [0.25, 0.3) is 0 Å². The van der Waals surface area contributed by atoms with Crippen LogP contribution < -0.4 is 0 Å². The van der Waals surface area contributed by atoms with Crippen LogP contribution in [-0.2, 0) is 0 Å². The molecule has 0 bridgehead atoms. The molecule has 0 aromatic rings. The summed E-state index contributed by atoms with van der Waals surface area (Å²) in [7, 11) is 0. The van der Waals surface area contributed by atoms with E-state index in [1.165, 1.54) is 12.2 Å². The van der Waals surface area contributed by atoms with Crippen molar-refractivity contribution in [1.82, 2.24) is 0 Å². The second kappa shape index (κ2) is 3.60. The SMILES string of the molecule is CC1C/C(F)=C\C(C)(C)/C=C(/F)C1. The Morgan fingerprint density at radius 1 is 1.15 bits per heavy atom. The average molecular weight is 186 g/mol. The van der Waals surface area contributed by atoms with E-state index in [9.17, 15) is 8.78 Å². The Hall–Kier alpha value is -0.660. The standard InChI is InChI=1S/C11H16F2/c1-8-4-9(12)6-11(2,3)7-10(13)5-8/h6-8H,4-5H2,1-3H3/b9-6+,10-7+. The Labute approximate surface area is 78.3 Å². The van der Waals surface area contributed by atoms with Crippen LogP contribution in [0.3, 0.4) is 0 Å². The van der Waals surface area contributed by atoms with Gasteiger partial charge in [0.05, 0.1) is 11.7 Å². The molecule has 0 atom stereocenters. The first-order chi connectivity index (χ1) is 5.89. The summed E-state index contributed by atoms with van der Waals surface area (Å²) in [6.07, 6.45) is 3.71. The van der Waals surface area contributed by atoms with Crippen LogP contribution in [0.15, 0.2) is 23.8 Å². The second-order valence-electron chi connectivity index (χ2n) is 4.52. The first-order valence-corrected chi connectivity index (χ1v) is 4.63. The largest absolute Gasteiger partial charge is 0.212 e. The molecule has 1 aliphatic carbocycles. The van der Waals surface area contributed by atoms with Gasteiger partial charge in [0.25, 0.3) is 0 Å². The highest BCUT2D eigenvalue weighted by atomic mass is 19.1. The van der Waals surface area contributed by atoms with Gasteiger partial charge >= 0.3 is 0 Å². The zero-order valence-electron chi connectivity index (χ0n) is 8.40. The fraction of sp³-hybridized carbons (Fsp3) is 0.636. The molecular formula is C11H16F2. The van der Waals surface area contributed by atoms with Gasteiger partial charge in [-0.3, -0.25) is 0 Å². The maximum Gasteiger partial charge on any atom is 0.0971 e. The smallest absolute Gasteiger partial charge is 0.0971 e. The molecule has 0 aliphatic heterocycles. The van der Waals surface area contributed by atoms with E-state index in [-0.39, 0.29) is 17.6 Å². The molecule has 0 saturated carbocycles. The van der Waals surface area contributed by atoms with Crippen molar-refractivity contribution >= 4 is 0 Å². The van der Waals surface area contributed by atoms with E-state index in [1.807, 2.05) is 20.8 Å². The Balaban J connectivity index is 2.93. The zero-order valence-corrected chi connectivity index (χ0v) is 8.40. The minimum atomic E-state index is -0.492. The molecule has 0 aromatic heterocycles. The number of halogens is 2. The summed E-state index contributed by atoms with van der Waals surface area (Å²) >= 11 is 0. The Kier molecular flexibility index (Phi) is 2.89. The van der Waals surface area contributed by atoms with E-state index in [0.717, 1.165) is 0 Å². The predicted octanol–water partition coefficient (Wildman–Crippen LogP) is 4.15. The molecule has 0 unspecified atom stereocenters. The predicted molar refractivity (Wildman–Crippen MR) is 50.6 cm³/mol. The molecule has 0 fully saturated rings. The van der Waals surface area contributed by atoms with Gasteiger partial charge in [-0.2, -0.15) is 0 Å². The molecule has 0 saturated heterocycles. The third kappa shape index (κ3) is 3.29. The van der Waals surface area contributed by atoms with Crippen LogP contribution in [0.1, 0.15) is 33.6 Å². The van der Waals surface area contributed by atoms with Crippen LogP contribution >= 0.6 is 0 Å². The van der Waals surface area contributed by atoms with Gasteiger partial charge in [-0.05, 0) is 18.1 Å². The van der Waals surface area contributed by atoms with Gasteiger partial charge in [-0.1, -0.05) is 20.8 Å². The lowest BCUT2D eigenvalue weighted by Gasteiger charge is -2.20. The second-order valence-corrected chi connectivity index (χ2v) is 4.52. The normalized spacial score (nSPS) is 36.5. The Bertz CT molecular complexity index is 225. The minimum absolute atomic E-state index is 0.0589. The molecule has 0 amide bonds. The maximum atomic E-state index is 13.2. The average Bonchev–Trinajstić information content (AvgIpc) is 1.78. The summed E-state index contributed by atoms with van der Waals surface area (Å²) < 4.78 is 26.4. The lowest BCUT2D eigenvalue weighted by atomic mass is 9.87. The van der Waals surface area contributed by atoms with Crippen molar-refractivity contribution in [3.8, 4) is 0 Å². The van der Waals surface area contributed by atoms with Gasteiger partial charge in [0.2, 0.25) is 0 Å². The quantitative estimate of drug-likeness (QED) is 0.533. The molecular weight excluding hydrogens is 170 g/mol. The van der Waals surface area contributed by atoms with E-state index in [2.05, 4.69) is 0 Å². The lowest BCUT2D eigenvalue weighted by Crippen LogP contribution is -2.09. The molecule has 0 spiro atoms. The third-order valence-corrected chi connectivity index (χ3v) is 2.14. The van der Waals surface area contributed by atoms with Crippen molar-refractivity contribution in [3.05, 3.63) is 23.8 Å². The summed E-state index contributed by atoms with van der Waals surface area (Å²) in [5, 5.41) is 0. The summed E-state index contributed by atoms with van der Waals surface area (Å²) in [5.74, 6) is -0.189.